The predicted octanol–water partition coefficient (Wildman–Crippen LogP) is 1.53. The predicted molar refractivity (Wildman–Crippen MR) is 83.6 cm³/mol. The van der Waals surface area contributed by atoms with Crippen molar-refractivity contribution in [3.8, 4) is 0 Å². The molecule has 0 radical (unpaired) electrons. The van der Waals surface area contributed by atoms with E-state index in [9.17, 15) is 13.2 Å². The summed E-state index contributed by atoms with van der Waals surface area (Å²) < 4.78 is 21.0. The van der Waals surface area contributed by atoms with E-state index in [-0.39, 0.29) is 0 Å². The number of hydrazone groups is 1. The van der Waals surface area contributed by atoms with Crippen LogP contribution in [0.25, 0.3) is 0 Å². The van der Waals surface area contributed by atoms with Crippen LogP contribution in [0.5, 0.6) is 0 Å². The third-order valence-electron chi connectivity index (χ3n) is 2.39. The highest BCUT2D eigenvalue weighted by Gasteiger charge is 2.04. The average Bonchev–Trinajstić information content (AvgIpc) is 2.49. The van der Waals surface area contributed by atoms with Gasteiger partial charge in [-0.15, -0.1) is 0 Å². The van der Waals surface area contributed by atoms with Crippen molar-refractivity contribution >= 4 is 22.2 Å². The molecule has 0 aliphatic carbocycles. The van der Waals surface area contributed by atoms with Crippen LogP contribution < -0.4 is 11.6 Å². The number of hydrogen-bond donors (Lipinski definition) is 2. The highest BCUT2D eigenvalue weighted by atomic mass is 32.2. The topological polar surface area (TPSA) is 128 Å². The minimum atomic E-state index is -2.70. The molecular weight excluding hydrogens is 304 g/mol. The summed E-state index contributed by atoms with van der Waals surface area (Å²) >= 11 is 0. The Morgan fingerprint density at radius 1 is 0.864 bits per heavy atom. The van der Waals surface area contributed by atoms with Crippen LogP contribution in [-0.2, 0) is 10.5 Å². The maximum absolute atomic E-state index is 9.47. The van der Waals surface area contributed by atoms with Crippen molar-refractivity contribution in [1.29, 1.82) is 0 Å². The van der Waals surface area contributed by atoms with Gasteiger partial charge in [0.25, 0.3) is 0 Å². The number of urea groups is 1. The lowest BCUT2D eigenvalue weighted by molar-refractivity contribution is 0.257. The first kappa shape index (κ1) is 17.1. The van der Waals surface area contributed by atoms with Gasteiger partial charge in [-0.1, -0.05) is 65.0 Å². The highest BCUT2D eigenvalue weighted by Crippen LogP contribution is 2.09. The Balaban J connectivity index is 0.000000295. The lowest BCUT2D eigenvalue weighted by Gasteiger charge is -2.04. The molecule has 2 amide bonds. The van der Waals surface area contributed by atoms with Crippen LogP contribution in [0.15, 0.2) is 70.1 Å². The van der Waals surface area contributed by atoms with Crippen molar-refractivity contribution in [1.82, 2.24) is 0 Å². The second-order valence-electron chi connectivity index (χ2n) is 3.86. The molecule has 114 valence electrons. The number of hydrogen-bond acceptors (Lipinski definition) is 5. The molecule has 0 aromatic heterocycles. The molecule has 0 fully saturated rings. The summed E-state index contributed by atoms with van der Waals surface area (Å²) in [7, 11) is -2.70. The molecule has 0 atom stereocenters. The standard InChI is InChI=1S/C13H12N2.CH2N2O3S/c14-15-13(11-7-3-1-4-8-11)12-9-5-2-6-10-12;2-1(4)3-7(5)6/h1-10H,14H2;(H2,2,4). The van der Waals surface area contributed by atoms with Gasteiger partial charge in [0.2, 0.25) is 0 Å². The number of benzene rings is 2. The fourth-order valence-electron chi connectivity index (χ4n) is 1.58. The Bertz CT molecular complexity index is 723. The van der Waals surface area contributed by atoms with Crippen LogP contribution in [0.3, 0.4) is 0 Å². The molecule has 0 heterocycles. The van der Waals surface area contributed by atoms with Gasteiger partial charge in [0.15, 0.2) is 0 Å². The Morgan fingerprint density at radius 3 is 1.50 bits per heavy atom. The number of carbonyl (C=O) groups is 1. The van der Waals surface area contributed by atoms with Crippen LogP contribution in [0.4, 0.5) is 4.79 Å². The molecule has 0 spiro atoms. The summed E-state index contributed by atoms with van der Waals surface area (Å²) in [5.41, 5.74) is 7.18. The van der Waals surface area contributed by atoms with E-state index in [0.717, 1.165) is 16.8 Å². The zero-order valence-corrected chi connectivity index (χ0v) is 12.3. The molecule has 0 bridgehead atoms. The number of amides is 2. The molecule has 2 aromatic rings. The van der Waals surface area contributed by atoms with Crippen LogP contribution in [0.2, 0.25) is 0 Å². The maximum atomic E-state index is 9.47. The monoisotopic (exact) mass is 318 g/mol. The molecule has 0 saturated carbocycles. The van der Waals surface area contributed by atoms with Gasteiger partial charge < -0.3 is 11.6 Å². The van der Waals surface area contributed by atoms with Crippen molar-refractivity contribution in [2.75, 3.05) is 0 Å². The van der Waals surface area contributed by atoms with Gasteiger partial charge in [-0.3, -0.25) is 0 Å². The average molecular weight is 318 g/mol. The van der Waals surface area contributed by atoms with Crippen LogP contribution in [-0.4, -0.2) is 20.2 Å². The lowest BCUT2D eigenvalue weighted by Crippen LogP contribution is -2.05. The summed E-state index contributed by atoms with van der Waals surface area (Å²) in [5, 5.41) is 3.85. The maximum Gasteiger partial charge on any atom is 0.353 e. The normalized spacial score (nSPS) is 8.91. The molecule has 4 N–H and O–H groups in total. The molecule has 2 aromatic carbocycles. The fourth-order valence-corrected chi connectivity index (χ4v) is 1.73. The molecule has 0 aliphatic rings. The van der Waals surface area contributed by atoms with Gasteiger partial charge in [0, 0.05) is 11.1 Å². The van der Waals surface area contributed by atoms with Crippen LogP contribution in [0, 0.1) is 0 Å². The lowest BCUT2D eigenvalue weighted by atomic mass is 10.0. The van der Waals surface area contributed by atoms with E-state index in [1.54, 1.807) is 0 Å². The van der Waals surface area contributed by atoms with Crippen molar-refractivity contribution in [2.24, 2.45) is 21.0 Å². The Morgan fingerprint density at radius 2 is 1.27 bits per heavy atom. The van der Waals surface area contributed by atoms with E-state index in [2.05, 4.69) is 15.2 Å². The smallest absolute Gasteiger partial charge is 0.349 e. The second kappa shape index (κ2) is 9.03. The Kier molecular flexibility index (Phi) is 7.00. The largest absolute Gasteiger partial charge is 0.353 e. The number of rotatable bonds is 2. The van der Waals surface area contributed by atoms with Gasteiger partial charge in [-0.25, -0.2) is 4.79 Å². The summed E-state index contributed by atoms with van der Waals surface area (Å²) in [6, 6.07) is 18.6. The van der Waals surface area contributed by atoms with Crippen molar-refractivity contribution in [3.63, 3.8) is 0 Å². The molecule has 0 unspecified atom stereocenters. The number of nitrogens with two attached hydrogens (primary N) is 2. The van der Waals surface area contributed by atoms with Crippen molar-refractivity contribution < 1.29 is 13.2 Å². The van der Waals surface area contributed by atoms with Gasteiger partial charge in [0.05, 0.1) is 5.71 Å². The summed E-state index contributed by atoms with van der Waals surface area (Å²) in [6.07, 6.45) is 0. The summed E-state index contributed by atoms with van der Waals surface area (Å²) in [6.45, 7) is 0. The SMILES string of the molecule is NC(=O)N=S(=O)=O.NN=C(c1ccccc1)c1ccccc1. The first-order chi connectivity index (χ1) is 10.5. The van der Waals surface area contributed by atoms with Crippen LogP contribution in [0.1, 0.15) is 11.1 Å². The zero-order chi connectivity index (χ0) is 16.4. The minimum Gasteiger partial charge on any atom is -0.349 e. The van der Waals surface area contributed by atoms with E-state index in [1.165, 1.54) is 0 Å². The molecule has 7 nitrogen and oxygen atoms in total. The van der Waals surface area contributed by atoms with E-state index in [4.69, 9.17) is 5.84 Å². The van der Waals surface area contributed by atoms with E-state index >= 15 is 0 Å². The van der Waals surface area contributed by atoms with E-state index < -0.39 is 16.5 Å². The molecule has 8 heteroatoms. The van der Waals surface area contributed by atoms with Gasteiger partial charge >= 0.3 is 16.5 Å². The molecule has 0 saturated heterocycles. The minimum absolute atomic E-state index is 0.816. The van der Waals surface area contributed by atoms with Gasteiger partial charge in [0.1, 0.15) is 0 Å². The zero-order valence-electron chi connectivity index (χ0n) is 11.5. The number of primary amides is 1. The third-order valence-corrected chi connectivity index (χ3v) is 2.72. The Hall–Kier alpha value is -3.00. The van der Waals surface area contributed by atoms with Crippen LogP contribution >= 0.6 is 0 Å². The molecule has 22 heavy (non-hydrogen) atoms. The van der Waals surface area contributed by atoms with Gasteiger partial charge in [-0.2, -0.15) is 13.5 Å². The first-order valence-corrected chi connectivity index (χ1v) is 7.07. The number of nitrogens with zero attached hydrogens (tertiary/aromatic N) is 2. The van der Waals surface area contributed by atoms with E-state index in [0.29, 0.717) is 0 Å². The van der Waals surface area contributed by atoms with Crippen molar-refractivity contribution in [3.05, 3.63) is 71.8 Å². The van der Waals surface area contributed by atoms with Gasteiger partial charge in [-0.05, 0) is 0 Å². The quantitative estimate of drug-likeness (QED) is 0.494. The first-order valence-electron chi connectivity index (χ1n) is 6.04. The molecular formula is C14H14N4O3S. The second-order valence-corrected chi connectivity index (χ2v) is 4.47. The fraction of sp³-hybridized carbons (Fsp3) is 0. The Labute approximate surface area is 129 Å². The molecule has 0 aliphatic heterocycles. The third kappa shape index (κ3) is 5.97. The van der Waals surface area contributed by atoms with Crippen molar-refractivity contribution in [2.45, 2.75) is 0 Å². The summed E-state index contributed by atoms with van der Waals surface area (Å²) in [5.74, 6) is 5.42. The summed E-state index contributed by atoms with van der Waals surface area (Å²) in [4.78, 5) is 9.47. The highest BCUT2D eigenvalue weighted by molar-refractivity contribution is 7.62. The number of carbonyl (C=O) groups excluding carboxylic acids is 1. The van der Waals surface area contributed by atoms with E-state index in [1.807, 2.05) is 60.7 Å². The molecule has 2 rings (SSSR count).